The van der Waals surface area contributed by atoms with Crippen molar-refractivity contribution in [3.05, 3.63) is 30.5 Å². The van der Waals surface area contributed by atoms with E-state index < -0.39 is 0 Å². The Kier molecular flexibility index (Phi) is 3.54. The van der Waals surface area contributed by atoms with E-state index >= 15 is 0 Å². The van der Waals surface area contributed by atoms with Gasteiger partial charge in [0.1, 0.15) is 0 Å². The first kappa shape index (κ1) is 11.8. The van der Waals surface area contributed by atoms with E-state index in [1.807, 2.05) is 24.3 Å². The zero-order valence-electron chi connectivity index (χ0n) is 10.2. The van der Waals surface area contributed by atoms with Crippen LogP contribution in [-0.2, 0) is 0 Å². The molecular weight excluding hydrogens is 212 g/mol. The summed E-state index contributed by atoms with van der Waals surface area (Å²) >= 11 is 0. The van der Waals surface area contributed by atoms with Crippen LogP contribution in [0.15, 0.2) is 30.5 Å². The van der Waals surface area contributed by atoms with Gasteiger partial charge < -0.3 is 11.1 Å². The van der Waals surface area contributed by atoms with Gasteiger partial charge >= 0.3 is 0 Å². The predicted octanol–water partition coefficient (Wildman–Crippen LogP) is 2.02. The van der Waals surface area contributed by atoms with E-state index in [-0.39, 0.29) is 6.04 Å². The number of fused-ring (bicyclic) bond motifs is 1. The van der Waals surface area contributed by atoms with Crippen molar-refractivity contribution in [2.75, 3.05) is 11.9 Å². The van der Waals surface area contributed by atoms with Gasteiger partial charge in [0.05, 0.1) is 17.4 Å². The molecule has 4 nitrogen and oxygen atoms in total. The van der Waals surface area contributed by atoms with Crippen molar-refractivity contribution >= 4 is 16.6 Å². The van der Waals surface area contributed by atoms with Crippen molar-refractivity contribution in [3.63, 3.8) is 0 Å². The Labute approximate surface area is 101 Å². The molecule has 3 N–H and O–H groups in total. The number of hydrogen-bond donors (Lipinski definition) is 2. The van der Waals surface area contributed by atoms with Crippen LogP contribution in [0.1, 0.15) is 13.8 Å². The first-order valence-corrected chi connectivity index (χ1v) is 5.89. The molecule has 0 aliphatic heterocycles. The van der Waals surface area contributed by atoms with Gasteiger partial charge in [-0.25, -0.2) is 0 Å². The SMILES string of the molecule is CC(C)C(CN)Nc1cnnc2ccccc12. The largest absolute Gasteiger partial charge is 0.379 e. The van der Waals surface area contributed by atoms with Gasteiger partial charge in [-0.3, -0.25) is 0 Å². The molecule has 0 radical (unpaired) electrons. The highest BCUT2D eigenvalue weighted by Gasteiger charge is 2.12. The van der Waals surface area contributed by atoms with E-state index in [1.54, 1.807) is 6.20 Å². The zero-order chi connectivity index (χ0) is 12.3. The van der Waals surface area contributed by atoms with Crippen LogP contribution in [0.4, 0.5) is 5.69 Å². The second-order valence-electron chi connectivity index (χ2n) is 4.51. The summed E-state index contributed by atoms with van der Waals surface area (Å²) < 4.78 is 0. The van der Waals surface area contributed by atoms with E-state index in [1.165, 1.54) is 0 Å². The maximum absolute atomic E-state index is 5.77. The second-order valence-corrected chi connectivity index (χ2v) is 4.51. The summed E-state index contributed by atoms with van der Waals surface area (Å²) in [5, 5.41) is 12.6. The summed E-state index contributed by atoms with van der Waals surface area (Å²) in [7, 11) is 0. The smallest absolute Gasteiger partial charge is 0.0950 e. The zero-order valence-corrected chi connectivity index (χ0v) is 10.2. The maximum Gasteiger partial charge on any atom is 0.0950 e. The molecule has 1 aromatic carbocycles. The van der Waals surface area contributed by atoms with Gasteiger partial charge in [0.25, 0.3) is 0 Å². The van der Waals surface area contributed by atoms with Crippen LogP contribution in [0.5, 0.6) is 0 Å². The first-order chi connectivity index (χ1) is 8.22. The lowest BCUT2D eigenvalue weighted by molar-refractivity contribution is 0.532. The van der Waals surface area contributed by atoms with Crippen molar-refractivity contribution in [3.8, 4) is 0 Å². The Hall–Kier alpha value is -1.68. The molecule has 90 valence electrons. The average molecular weight is 230 g/mol. The molecular formula is C13H18N4. The molecule has 1 atom stereocenters. The summed E-state index contributed by atoms with van der Waals surface area (Å²) in [4.78, 5) is 0. The molecule has 0 saturated carbocycles. The summed E-state index contributed by atoms with van der Waals surface area (Å²) in [6.45, 7) is 4.91. The van der Waals surface area contributed by atoms with Crippen LogP contribution in [0.2, 0.25) is 0 Å². The summed E-state index contributed by atoms with van der Waals surface area (Å²) in [6.07, 6.45) is 1.76. The normalized spacial score (nSPS) is 12.9. The monoisotopic (exact) mass is 230 g/mol. The Bertz CT molecular complexity index is 490. The van der Waals surface area contributed by atoms with Gasteiger partial charge in [-0.05, 0) is 12.0 Å². The number of aromatic nitrogens is 2. The van der Waals surface area contributed by atoms with Crippen molar-refractivity contribution in [1.82, 2.24) is 10.2 Å². The Morgan fingerprint density at radius 1 is 1.29 bits per heavy atom. The van der Waals surface area contributed by atoms with Crippen LogP contribution in [0.3, 0.4) is 0 Å². The Morgan fingerprint density at radius 2 is 2.06 bits per heavy atom. The van der Waals surface area contributed by atoms with Crippen LogP contribution in [0.25, 0.3) is 10.9 Å². The van der Waals surface area contributed by atoms with Gasteiger partial charge in [-0.15, -0.1) is 0 Å². The Balaban J connectivity index is 2.35. The van der Waals surface area contributed by atoms with Crippen LogP contribution in [-0.4, -0.2) is 22.8 Å². The molecule has 1 aromatic heterocycles. The molecule has 1 unspecified atom stereocenters. The van der Waals surface area contributed by atoms with Crippen LogP contribution < -0.4 is 11.1 Å². The molecule has 0 saturated heterocycles. The minimum Gasteiger partial charge on any atom is -0.379 e. The van der Waals surface area contributed by atoms with Crippen molar-refractivity contribution < 1.29 is 0 Å². The number of nitrogens with zero attached hydrogens (tertiary/aromatic N) is 2. The van der Waals surface area contributed by atoms with Crippen molar-refractivity contribution in [2.24, 2.45) is 11.7 Å². The molecule has 2 rings (SSSR count). The molecule has 2 aromatic rings. The number of nitrogens with two attached hydrogens (primary N) is 1. The molecule has 0 aliphatic rings. The summed E-state index contributed by atoms with van der Waals surface area (Å²) in [6, 6.07) is 8.22. The lowest BCUT2D eigenvalue weighted by atomic mass is 10.0. The number of anilines is 1. The molecule has 0 bridgehead atoms. The number of rotatable bonds is 4. The molecule has 0 aliphatic carbocycles. The third-order valence-corrected chi connectivity index (χ3v) is 2.95. The second kappa shape index (κ2) is 5.10. The van der Waals surface area contributed by atoms with Crippen LogP contribution >= 0.6 is 0 Å². The molecule has 17 heavy (non-hydrogen) atoms. The van der Waals surface area contributed by atoms with Gasteiger partial charge in [0, 0.05) is 18.0 Å². The van der Waals surface area contributed by atoms with Gasteiger partial charge in [-0.2, -0.15) is 10.2 Å². The molecule has 0 amide bonds. The molecule has 0 fully saturated rings. The van der Waals surface area contributed by atoms with E-state index in [2.05, 4.69) is 29.4 Å². The lowest BCUT2D eigenvalue weighted by Gasteiger charge is -2.22. The standard InChI is InChI=1S/C13H18N4/c1-9(2)12(7-14)16-13-8-15-17-11-6-4-3-5-10(11)13/h3-6,8-9,12H,7,14H2,1-2H3,(H,16,17). The fourth-order valence-corrected chi connectivity index (χ4v) is 1.82. The van der Waals surface area contributed by atoms with Crippen molar-refractivity contribution in [1.29, 1.82) is 0 Å². The molecule has 0 spiro atoms. The highest BCUT2D eigenvalue weighted by molar-refractivity contribution is 5.90. The highest BCUT2D eigenvalue weighted by atomic mass is 15.1. The van der Waals surface area contributed by atoms with E-state index in [0.29, 0.717) is 12.5 Å². The van der Waals surface area contributed by atoms with Gasteiger partial charge in [0.2, 0.25) is 0 Å². The van der Waals surface area contributed by atoms with Crippen LogP contribution in [0, 0.1) is 5.92 Å². The Morgan fingerprint density at radius 3 is 2.76 bits per heavy atom. The summed E-state index contributed by atoms with van der Waals surface area (Å²) in [5.41, 5.74) is 7.67. The molecule has 4 heteroatoms. The first-order valence-electron chi connectivity index (χ1n) is 5.89. The number of benzene rings is 1. The number of nitrogens with one attached hydrogen (secondary N) is 1. The minimum atomic E-state index is 0.252. The fourth-order valence-electron chi connectivity index (χ4n) is 1.82. The predicted molar refractivity (Wildman–Crippen MR) is 70.8 cm³/mol. The van der Waals surface area contributed by atoms with Gasteiger partial charge in [-0.1, -0.05) is 32.0 Å². The topological polar surface area (TPSA) is 63.8 Å². The van der Waals surface area contributed by atoms with Gasteiger partial charge in [0.15, 0.2) is 0 Å². The third-order valence-electron chi connectivity index (χ3n) is 2.95. The maximum atomic E-state index is 5.77. The van der Waals surface area contributed by atoms with E-state index in [4.69, 9.17) is 5.73 Å². The van der Waals surface area contributed by atoms with E-state index in [9.17, 15) is 0 Å². The molecule has 1 heterocycles. The highest BCUT2D eigenvalue weighted by Crippen LogP contribution is 2.21. The third kappa shape index (κ3) is 2.53. The summed E-state index contributed by atoms with van der Waals surface area (Å²) in [5.74, 6) is 0.479. The van der Waals surface area contributed by atoms with Crippen molar-refractivity contribution in [2.45, 2.75) is 19.9 Å². The average Bonchev–Trinajstić information content (AvgIpc) is 2.35. The fraction of sp³-hybridized carbons (Fsp3) is 0.385. The lowest BCUT2D eigenvalue weighted by Crippen LogP contribution is -2.33. The number of hydrogen-bond acceptors (Lipinski definition) is 4. The minimum absolute atomic E-state index is 0.252. The van der Waals surface area contributed by atoms with E-state index in [0.717, 1.165) is 16.6 Å². The quantitative estimate of drug-likeness (QED) is 0.843.